The molecule has 1 heterocycles. The maximum atomic E-state index is 11.1. The van der Waals surface area contributed by atoms with Gasteiger partial charge in [-0.2, -0.15) is 0 Å². The van der Waals surface area contributed by atoms with Gasteiger partial charge in [0.25, 0.3) is 0 Å². The largest absolute Gasteiger partial charge is 0.478 e. The zero-order chi connectivity index (χ0) is 15.1. The number of carbonyl (C=O) groups is 1. The molecule has 106 valence electrons. The quantitative estimate of drug-likeness (QED) is 0.771. The van der Waals surface area contributed by atoms with Gasteiger partial charge in [-0.15, -0.1) is 5.10 Å². The Morgan fingerprint density at radius 3 is 2.48 bits per heavy atom. The second-order valence-corrected chi connectivity index (χ2v) is 5.81. The summed E-state index contributed by atoms with van der Waals surface area (Å²) in [6, 6.07) is 8.79. The van der Waals surface area contributed by atoms with Crippen molar-refractivity contribution in [2.24, 2.45) is 0 Å². The van der Waals surface area contributed by atoms with E-state index in [0.717, 1.165) is 21.3 Å². The number of halogens is 1. The maximum absolute atomic E-state index is 11.1. The van der Waals surface area contributed by atoms with Crippen LogP contribution in [0.5, 0.6) is 0 Å². The molecule has 0 radical (unpaired) electrons. The number of rotatable bonds is 2. The molecule has 2 aromatic carbocycles. The monoisotopic (exact) mass is 345 g/mol. The van der Waals surface area contributed by atoms with Crippen LogP contribution in [0.4, 0.5) is 0 Å². The topological polar surface area (TPSA) is 68.0 Å². The van der Waals surface area contributed by atoms with E-state index in [1.54, 1.807) is 16.8 Å². The molecule has 0 unspecified atom stereocenters. The highest BCUT2D eigenvalue weighted by atomic mass is 79.9. The lowest BCUT2D eigenvalue weighted by Crippen LogP contribution is -2.03. The van der Waals surface area contributed by atoms with Crippen molar-refractivity contribution in [1.29, 1.82) is 0 Å². The van der Waals surface area contributed by atoms with Gasteiger partial charge in [-0.3, -0.25) is 0 Å². The van der Waals surface area contributed by atoms with E-state index >= 15 is 0 Å². The minimum Gasteiger partial charge on any atom is -0.478 e. The highest BCUT2D eigenvalue weighted by Crippen LogP contribution is 2.26. The van der Waals surface area contributed by atoms with Crippen molar-refractivity contribution in [2.75, 3.05) is 0 Å². The number of aromatic nitrogens is 3. The molecule has 0 atom stereocenters. The van der Waals surface area contributed by atoms with Crippen molar-refractivity contribution < 1.29 is 9.90 Å². The van der Waals surface area contributed by atoms with Crippen molar-refractivity contribution in [2.45, 2.75) is 13.8 Å². The van der Waals surface area contributed by atoms with E-state index in [2.05, 4.69) is 26.2 Å². The number of carboxylic acids is 1. The predicted molar refractivity (Wildman–Crippen MR) is 83.0 cm³/mol. The lowest BCUT2D eigenvalue weighted by molar-refractivity contribution is 0.0697. The van der Waals surface area contributed by atoms with E-state index < -0.39 is 5.97 Å². The van der Waals surface area contributed by atoms with Gasteiger partial charge >= 0.3 is 5.97 Å². The summed E-state index contributed by atoms with van der Waals surface area (Å²) in [7, 11) is 0. The van der Waals surface area contributed by atoms with Crippen LogP contribution in [0.3, 0.4) is 0 Å². The number of benzene rings is 2. The van der Waals surface area contributed by atoms with Gasteiger partial charge in [0.15, 0.2) is 0 Å². The number of aromatic carboxylic acids is 1. The van der Waals surface area contributed by atoms with Gasteiger partial charge in [0.2, 0.25) is 0 Å². The first-order valence-corrected chi connectivity index (χ1v) is 7.12. The Balaban J connectivity index is 2.30. The molecule has 1 aromatic heterocycles. The maximum Gasteiger partial charge on any atom is 0.335 e. The highest BCUT2D eigenvalue weighted by molar-refractivity contribution is 9.10. The van der Waals surface area contributed by atoms with Crippen LogP contribution in [0.15, 0.2) is 34.8 Å². The first-order chi connectivity index (χ1) is 9.97. The first kappa shape index (κ1) is 13.8. The van der Waals surface area contributed by atoms with Gasteiger partial charge < -0.3 is 5.11 Å². The summed E-state index contributed by atoms with van der Waals surface area (Å²) in [6.07, 6.45) is 0. The molecule has 0 saturated heterocycles. The molecular weight excluding hydrogens is 334 g/mol. The number of hydrogen-bond donors (Lipinski definition) is 1. The predicted octanol–water partition coefficient (Wildman–Crippen LogP) is 3.50. The van der Waals surface area contributed by atoms with Crippen LogP contribution in [-0.4, -0.2) is 26.1 Å². The van der Waals surface area contributed by atoms with E-state index in [0.29, 0.717) is 11.0 Å². The summed E-state index contributed by atoms with van der Waals surface area (Å²) < 4.78 is 2.69. The third-order valence-corrected chi connectivity index (χ3v) is 3.82. The number of aryl methyl sites for hydroxylation is 2. The molecule has 0 aliphatic carbocycles. The lowest BCUT2D eigenvalue weighted by atomic mass is 10.1. The fourth-order valence-electron chi connectivity index (χ4n) is 2.45. The minimum absolute atomic E-state index is 0.221. The molecule has 3 aromatic rings. The van der Waals surface area contributed by atoms with Crippen LogP contribution in [-0.2, 0) is 0 Å². The van der Waals surface area contributed by atoms with Gasteiger partial charge in [-0.25, -0.2) is 9.48 Å². The Bertz CT molecular complexity index is 847. The fraction of sp³-hybridized carbons (Fsp3) is 0.133. The average Bonchev–Trinajstić information content (AvgIpc) is 2.80. The second kappa shape index (κ2) is 4.96. The Kier molecular flexibility index (Phi) is 3.25. The minimum atomic E-state index is -0.964. The normalized spacial score (nSPS) is 11.0. The van der Waals surface area contributed by atoms with Crippen LogP contribution in [0.1, 0.15) is 21.5 Å². The van der Waals surface area contributed by atoms with Crippen molar-refractivity contribution in [1.82, 2.24) is 15.0 Å². The van der Waals surface area contributed by atoms with Crippen molar-refractivity contribution in [3.63, 3.8) is 0 Å². The standard InChI is InChI=1S/C15H12BrN3O2/c1-8-5-11(16)6-9(2)14(8)19-13-7-10(15(20)21)3-4-12(13)17-18-19/h3-7H,1-2H3,(H,20,21). The molecule has 0 bridgehead atoms. The Labute approximate surface area is 129 Å². The number of nitrogens with zero attached hydrogens (tertiary/aromatic N) is 3. The van der Waals surface area contributed by atoms with Crippen molar-refractivity contribution in [3.8, 4) is 5.69 Å². The molecule has 5 nitrogen and oxygen atoms in total. The van der Waals surface area contributed by atoms with E-state index in [1.807, 2.05) is 26.0 Å². The fourth-order valence-corrected chi connectivity index (χ4v) is 3.14. The van der Waals surface area contributed by atoms with Crippen LogP contribution >= 0.6 is 15.9 Å². The van der Waals surface area contributed by atoms with Gasteiger partial charge in [-0.05, 0) is 55.3 Å². The molecular formula is C15H12BrN3O2. The van der Waals surface area contributed by atoms with Crippen LogP contribution < -0.4 is 0 Å². The smallest absolute Gasteiger partial charge is 0.335 e. The summed E-state index contributed by atoms with van der Waals surface area (Å²) in [5.41, 5.74) is 4.57. The van der Waals surface area contributed by atoms with Gasteiger partial charge in [0.05, 0.1) is 16.8 Å². The summed E-state index contributed by atoms with van der Waals surface area (Å²) in [5.74, 6) is -0.964. The lowest BCUT2D eigenvalue weighted by Gasteiger charge is -2.11. The summed E-state index contributed by atoms with van der Waals surface area (Å²) >= 11 is 3.47. The molecule has 0 amide bonds. The summed E-state index contributed by atoms with van der Waals surface area (Å²) in [5, 5.41) is 17.4. The van der Waals surface area contributed by atoms with Crippen molar-refractivity contribution in [3.05, 3.63) is 51.5 Å². The number of hydrogen-bond acceptors (Lipinski definition) is 3. The second-order valence-electron chi connectivity index (χ2n) is 4.90. The third kappa shape index (κ3) is 2.31. The first-order valence-electron chi connectivity index (χ1n) is 6.33. The molecule has 0 aliphatic rings. The van der Waals surface area contributed by atoms with Crippen LogP contribution in [0.25, 0.3) is 16.7 Å². The molecule has 0 aliphatic heterocycles. The molecule has 0 fully saturated rings. The SMILES string of the molecule is Cc1cc(Br)cc(C)c1-n1nnc2ccc(C(=O)O)cc21. The number of fused-ring (bicyclic) bond motifs is 1. The molecule has 6 heteroatoms. The van der Waals surface area contributed by atoms with Crippen molar-refractivity contribution >= 4 is 32.9 Å². The van der Waals surface area contributed by atoms with Gasteiger partial charge in [0.1, 0.15) is 5.52 Å². The van der Waals surface area contributed by atoms with E-state index in [-0.39, 0.29) is 5.56 Å². The van der Waals surface area contributed by atoms with E-state index in [4.69, 9.17) is 5.11 Å². The molecule has 21 heavy (non-hydrogen) atoms. The van der Waals surface area contributed by atoms with Crippen LogP contribution in [0.2, 0.25) is 0 Å². The summed E-state index contributed by atoms with van der Waals surface area (Å²) in [6.45, 7) is 3.98. The molecule has 3 rings (SSSR count). The molecule has 0 spiro atoms. The Hall–Kier alpha value is -2.21. The molecule has 1 N–H and O–H groups in total. The zero-order valence-corrected chi connectivity index (χ0v) is 13.0. The Morgan fingerprint density at radius 2 is 1.86 bits per heavy atom. The van der Waals surface area contributed by atoms with Gasteiger partial charge in [0, 0.05) is 4.47 Å². The number of carboxylic acid groups (broad SMARTS) is 1. The van der Waals surface area contributed by atoms with Crippen LogP contribution in [0, 0.1) is 13.8 Å². The van der Waals surface area contributed by atoms with Gasteiger partial charge in [-0.1, -0.05) is 21.1 Å². The van der Waals surface area contributed by atoms with E-state index in [1.165, 1.54) is 6.07 Å². The summed E-state index contributed by atoms with van der Waals surface area (Å²) in [4.78, 5) is 11.1. The molecule has 0 saturated carbocycles. The average molecular weight is 346 g/mol. The third-order valence-electron chi connectivity index (χ3n) is 3.36. The van der Waals surface area contributed by atoms with E-state index in [9.17, 15) is 4.79 Å². The zero-order valence-electron chi connectivity index (χ0n) is 11.5. The Morgan fingerprint density at radius 1 is 1.19 bits per heavy atom. The highest BCUT2D eigenvalue weighted by Gasteiger charge is 2.14.